The maximum atomic E-state index is 9.81. The number of hydrogen-bond acceptors (Lipinski definition) is 2. The normalized spacial score (nSPS) is 9.50. The summed E-state index contributed by atoms with van der Waals surface area (Å²) in [7, 11) is 0. The van der Waals surface area contributed by atoms with E-state index in [2.05, 4.69) is 72.0 Å². The van der Waals surface area contributed by atoms with Gasteiger partial charge in [-0.25, -0.2) is 0 Å². The summed E-state index contributed by atoms with van der Waals surface area (Å²) in [6, 6.07) is 29.6. The van der Waals surface area contributed by atoms with Gasteiger partial charge in [-0.1, -0.05) is 73.7 Å². The van der Waals surface area contributed by atoms with Crippen molar-refractivity contribution in [2.45, 2.75) is 20.3 Å². The maximum absolute atomic E-state index is 9.81. The highest BCUT2D eigenvalue weighted by atomic mass is 19.0. The van der Waals surface area contributed by atoms with E-state index in [4.69, 9.17) is 0 Å². The molecular formula is C24H24BFNO. The topological polar surface area (TPSA) is 29.1 Å². The third-order valence-electron chi connectivity index (χ3n) is 4.32. The Hall–Kier alpha value is -3.14. The monoisotopic (exact) mass is 372 g/mol. The average Bonchev–Trinajstić information content (AvgIpc) is 2.69. The number of carbonyl (C=O) groups excluding carboxylic acids is 1. The minimum atomic E-state index is 0. The standard InChI is InChI=1S/C20H15N.C4H8O.B.FH/c1-2-9-16(10-3-1)21-20-14-15-8-4-5-11-17(15)18-12-6-7-13-19(18)20;1-3-4(2)5;;/h1-14,21H;3H2,1-2H3;;1H. The molecule has 0 fully saturated rings. The Morgan fingerprint density at radius 2 is 1.29 bits per heavy atom. The summed E-state index contributed by atoms with van der Waals surface area (Å²) in [5.74, 6) is 0.255. The number of ketones is 1. The maximum Gasteiger partial charge on any atom is 0.129 e. The van der Waals surface area contributed by atoms with Crippen molar-refractivity contribution >= 4 is 47.1 Å². The first-order valence-corrected chi connectivity index (χ1v) is 8.91. The predicted octanol–water partition coefficient (Wildman–Crippen LogP) is 6.49. The number of benzene rings is 4. The molecule has 0 amide bonds. The molecule has 28 heavy (non-hydrogen) atoms. The van der Waals surface area contributed by atoms with Crippen molar-refractivity contribution in [3.63, 3.8) is 0 Å². The number of nitrogens with one attached hydrogen (secondary N) is 1. The van der Waals surface area contributed by atoms with Crippen molar-refractivity contribution in [2.24, 2.45) is 0 Å². The van der Waals surface area contributed by atoms with Gasteiger partial charge in [0.05, 0.1) is 0 Å². The van der Waals surface area contributed by atoms with Gasteiger partial charge in [0.2, 0.25) is 0 Å². The van der Waals surface area contributed by atoms with E-state index >= 15 is 0 Å². The van der Waals surface area contributed by atoms with Gasteiger partial charge in [-0.15, -0.1) is 0 Å². The number of para-hydroxylation sites is 1. The van der Waals surface area contributed by atoms with Gasteiger partial charge in [-0.2, -0.15) is 0 Å². The van der Waals surface area contributed by atoms with E-state index in [-0.39, 0.29) is 18.9 Å². The molecule has 4 heteroatoms. The van der Waals surface area contributed by atoms with E-state index in [1.54, 1.807) is 6.92 Å². The first-order chi connectivity index (χ1) is 12.7. The zero-order chi connectivity index (χ0) is 18.4. The molecule has 0 saturated heterocycles. The second-order valence-corrected chi connectivity index (χ2v) is 6.24. The Morgan fingerprint density at radius 3 is 1.89 bits per heavy atom. The molecule has 1 N–H and O–H groups in total. The molecule has 0 aliphatic rings. The molecule has 0 spiro atoms. The zero-order valence-corrected chi connectivity index (χ0v) is 16.2. The number of halogens is 1. The number of rotatable bonds is 3. The van der Waals surface area contributed by atoms with E-state index in [1.807, 2.05) is 25.1 Å². The van der Waals surface area contributed by atoms with E-state index in [0.29, 0.717) is 6.42 Å². The summed E-state index contributed by atoms with van der Waals surface area (Å²) in [6.07, 6.45) is 0.667. The Balaban J connectivity index is 0.000000504. The SMILES string of the molecule is CCC(C)=O.F.[B].c1ccc(Nc2cc3ccccc3c3ccccc23)cc1. The van der Waals surface area contributed by atoms with Gasteiger partial charge in [-0.05, 0) is 41.3 Å². The summed E-state index contributed by atoms with van der Waals surface area (Å²) < 4.78 is 0. The van der Waals surface area contributed by atoms with Crippen molar-refractivity contribution in [3.8, 4) is 0 Å². The minimum absolute atomic E-state index is 0. The van der Waals surface area contributed by atoms with Gasteiger partial charge in [0.1, 0.15) is 5.78 Å². The first kappa shape index (κ1) is 22.9. The predicted molar refractivity (Wildman–Crippen MR) is 120 cm³/mol. The highest BCUT2D eigenvalue weighted by molar-refractivity contribution is 6.13. The fourth-order valence-corrected chi connectivity index (χ4v) is 2.83. The van der Waals surface area contributed by atoms with Crippen LogP contribution in [-0.2, 0) is 4.79 Å². The number of hydrogen-bond donors (Lipinski definition) is 1. The van der Waals surface area contributed by atoms with Crippen LogP contribution in [0, 0.1) is 0 Å². The average molecular weight is 372 g/mol. The van der Waals surface area contributed by atoms with Gasteiger partial charge < -0.3 is 10.1 Å². The lowest BCUT2D eigenvalue weighted by Crippen LogP contribution is -1.92. The summed E-state index contributed by atoms with van der Waals surface area (Å²) in [6.45, 7) is 3.43. The van der Waals surface area contributed by atoms with Crippen LogP contribution in [0.25, 0.3) is 21.5 Å². The smallest absolute Gasteiger partial charge is 0.129 e. The van der Waals surface area contributed by atoms with E-state index in [1.165, 1.54) is 21.5 Å². The lowest BCUT2D eigenvalue weighted by molar-refractivity contribution is -0.116. The van der Waals surface area contributed by atoms with Crippen molar-refractivity contribution < 1.29 is 9.50 Å². The molecule has 4 aromatic rings. The third-order valence-corrected chi connectivity index (χ3v) is 4.32. The number of anilines is 2. The molecule has 0 saturated carbocycles. The Morgan fingerprint density at radius 1 is 0.786 bits per heavy atom. The van der Waals surface area contributed by atoms with E-state index in [0.717, 1.165) is 11.4 Å². The summed E-state index contributed by atoms with van der Waals surface area (Å²) in [5.41, 5.74) is 2.26. The molecule has 0 aromatic heterocycles. The highest BCUT2D eigenvalue weighted by Gasteiger charge is 2.06. The minimum Gasteiger partial charge on any atom is -0.355 e. The molecular weight excluding hydrogens is 348 g/mol. The van der Waals surface area contributed by atoms with Crippen molar-refractivity contribution in [1.82, 2.24) is 0 Å². The number of fused-ring (bicyclic) bond motifs is 3. The number of Topliss-reactive ketones (excluding diaryl/α,β-unsaturated/α-hetero) is 1. The molecule has 0 bridgehead atoms. The molecule has 2 nitrogen and oxygen atoms in total. The van der Waals surface area contributed by atoms with Gasteiger partial charge in [0.15, 0.2) is 0 Å². The van der Waals surface area contributed by atoms with Crippen LogP contribution in [0.2, 0.25) is 0 Å². The fraction of sp³-hybridized carbons (Fsp3) is 0.125. The van der Waals surface area contributed by atoms with Crippen LogP contribution < -0.4 is 5.32 Å². The fourth-order valence-electron chi connectivity index (χ4n) is 2.83. The van der Waals surface area contributed by atoms with Crippen LogP contribution in [0.5, 0.6) is 0 Å². The van der Waals surface area contributed by atoms with Crippen molar-refractivity contribution in [2.75, 3.05) is 5.32 Å². The van der Waals surface area contributed by atoms with Crippen LogP contribution in [0.1, 0.15) is 20.3 Å². The summed E-state index contributed by atoms with van der Waals surface area (Å²) >= 11 is 0. The van der Waals surface area contributed by atoms with Crippen LogP contribution >= 0.6 is 0 Å². The van der Waals surface area contributed by atoms with Crippen LogP contribution in [-0.4, -0.2) is 14.2 Å². The molecule has 4 rings (SSSR count). The Kier molecular flexibility index (Phi) is 8.90. The second kappa shape index (κ2) is 10.9. The largest absolute Gasteiger partial charge is 0.355 e. The molecule has 141 valence electrons. The lowest BCUT2D eigenvalue weighted by atomic mass is 10.0. The Labute approximate surface area is 167 Å². The third kappa shape index (κ3) is 5.43. The van der Waals surface area contributed by atoms with Crippen LogP contribution in [0.15, 0.2) is 84.9 Å². The molecule has 4 aromatic carbocycles. The molecule has 0 aliphatic heterocycles. The van der Waals surface area contributed by atoms with Gasteiger partial charge >= 0.3 is 0 Å². The van der Waals surface area contributed by atoms with Crippen LogP contribution in [0.4, 0.5) is 16.1 Å². The summed E-state index contributed by atoms with van der Waals surface area (Å²) in [4.78, 5) is 9.81. The van der Waals surface area contributed by atoms with Crippen LogP contribution in [0.3, 0.4) is 0 Å². The molecule has 0 heterocycles. The molecule has 0 unspecified atom stereocenters. The second-order valence-electron chi connectivity index (χ2n) is 6.24. The van der Waals surface area contributed by atoms with Crippen molar-refractivity contribution in [3.05, 3.63) is 84.9 Å². The quantitative estimate of drug-likeness (QED) is 0.329. The molecule has 0 atom stereocenters. The van der Waals surface area contributed by atoms with Gasteiger partial charge in [0, 0.05) is 31.6 Å². The summed E-state index contributed by atoms with van der Waals surface area (Å²) in [5, 5.41) is 8.63. The van der Waals surface area contributed by atoms with E-state index < -0.39 is 0 Å². The molecule has 0 aliphatic carbocycles. The molecule has 3 radical (unpaired) electrons. The number of carbonyl (C=O) groups is 1. The van der Waals surface area contributed by atoms with E-state index in [9.17, 15) is 4.79 Å². The van der Waals surface area contributed by atoms with Gasteiger partial charge in [0.25, 0.3) is 0 Å². The lowest BCUT2D eigenvalue weighted by Gasteiger charge is -2.12. The zero-order valence-electron chi connectivity index (χ0n) is 16.2. The highest BCUT2D eigenvalue weighted by Crippen LogP contribution is 2.33. The first-order valence-electron chi connectivity index (χ1n) is 8.91. The van der Waals surface area contributed by atoms with Crippen molar-refractivity contribution in [1.29, 1.82) is 0 Å². The Bertz CT molecular complexity index is 1030. The van der Waals surface area contributed by atoms with Gasteiger partial charge in [-0.3, -0.25) is 4.70 Å².